The normalized spacial score (nSPS) is 52.7. The van der Waals surface area contributed by atoms with Crippen molar-refractivity contribution in [3.63, 3.8) is 0 Å². The van der Waals surface area contributed by atoms with Gasteiger partial charge in [-0.25, -0.2) is 0 Å². The molecule has 1 saturated heterocycles. The molecule has 28 heavy (non-hydrogen) atoms. The number of esters is 1. The van der Waals surface area contributed by atoms with E-state index in [-0.39, 0.29) is 23.1 Å². The maximum atomic E-state index is 12.3. The molecule has 0 aromatic carbocycles. The lowest BCUT2D eigenvalue weighted by Crippen LogP contribution is -2.58. The summed E-state index contributed by atoms with van der Waals surface area (Å²) in [5.41, 5.74) is 0.449. The summed E-state index contributed by atoms with van der Waals surface area (Å²) in [6.45, 7) is 9.34. The van der Waals surface area contributed by atoms with Crippen LogP contribution in [0.3, 0.4) is 0 Å². The Kier molecular flexibility index (Phi) is 4.13. The van der Waals surface area contributed by atoms with Crippen molar-refractivity contribution in [2.75, 3.05) is 6.61 Å². The van der Waals surface area contributed by atoms with Crippen molar-refractivity contribution < 1.29 is 19.1 Å². The van der Waals surface area contributed by atoms with Gasteiger partial charge in [0.1, 0.15) is 11.7 Å². The second kappa shape index (κ2) is 6.06. The fraction of sp³-hybridized carbons (Fsp3) is 0.917. The Bertz CT molecular complexity index is 703. The zero-order chi connectivity index (χ0) is 19.9. The Morgan fingerprint density at radius 2 is 1.93 bits per heavy atom. The molecule has 9 atom stereocenters. The molecule has 1 heterocycles. The molecule has 0 amide bonds. The Labute approximate surface area is 169 Å². The van der Waals surface area contributed by atoms with Gasteiger partial charge in [-0.1, -0.05) is 20.8 Å². The van der Waals surface area contributed by atoms with Gasteiger partial charge in [-0.15, -0.1) is 0 Å². The van der Waals surface area contributed by atoms with Gasteiger partial charge in [-0.3, -0.25) is 9.59 Å². The molecule has 3 unspecified atom stereocenters. The average Bonchev–Trinajstić information content (AvgIpc) is 3.30. The first-order chi connectivity index (χ1) is 13.2. The second-order valence-corrected chi connectivity index (χ2v) is 11.2. The average molecular weight is 389 g/mol. The zero-order valence-corrected chi connectivity index (χ0v) is 18.0. The number of ether oxygens (including phenoxy) is 2. The molecule has 1 spiro atoms. The third-order valence-electron chi connectivity index (χ3n) is 10.3. The molecule has 1 aliphatic heterocycles. The van der Waals surface area contributed by atoms with Crippen molar-refractivity contribution in [2.24, 2.45) is 40.4 Å². The van der Waals surface area contributed by atoms with Crippen LogP contribution in [0.4, 0.5) is 0 Å². The van der Waals surface area contributed by atoms with Crippen LogP contribution in [-0.2, 0) is 19.1 Å². The number of rotatable bonds is 3. The van der Waals surface area contributed by atoms with E-state index in [1.54, 1.807) is 0 Å². The minimum absolute atomic E-state index is 0.0828. The van der Waals surface area contributed by atoms with Gasteiger partial charge in [0.15, 0.2) is 5.78 Å². The van der Waals surface area contributed by atoms with Gasteiger partial charge < -0.3 is 9.47 Å². The zero-order valence-electron chi connectivity index (χ0n) is 18.0. The van der Waals surface area contributed by atoms with Gasteiger partial charge in [0.05, 0.1) is 6.61 Å². The molecule has 0 aromatic heterocycles. The quantitative estimate of drug-likeness (QED) is 0.526. The van der Waals surface area contributed by atoms with Gasteiger partial charge in [-0.05, 0) is 80.0 Å². The number of hydrogen-bond donors (Lipinski definition) is 0. The van der Waals surface area contributed by atoms with Crippen molar-refractivity contribution in [1.29, 1.82) is 0 Å². The van der Waals surface area contributed by atoms with Gasteiger partial charge in [0.25, 0.3) is 0 Å². The van der Waals surface area contributed by atoms with E-state index in [1.807, 2.05) is 0 Å². The van der Waals surface area contributed by atoms with Crippen LogP contribution in [0.15, 0.2) is 0 Å². The lowest BCUT2D eigenvalue weighted by Gasteiger charge is -2.59. The molecule has 0 N–H and O–H groups in total. The summed E-state index contributed by atoms with van der Waals surface area (Å²) in [5, 5.41) is 0. The number of ketones is 1. The van der Waals surface area contributed by atoms with Crippen LogP contribution in [0.5, 0.6) is 0 Å². The molecule has 0 aromatic rings. The van der Waals surface area contributed by atoms with E-state index in [2.05, 4.69) is 20.8 Å². The first kappa shape index (κ1) is 19.1. The molecule has 5 rings (SSSR count). The highest BCUT2D eigenvalue weighted by Gasteiger charge is 2.76. The minimum atomic E-state index is -0.161. The predicted molar refractivity (Wildman–Crippen MR) is 106 cm³/mol. The van der Waals surface area contributed by atoms with Crippen LogP contribution < -0.4 is 0 Å². The summed E-state index contributed by atoms with van der Waals surface area (Å²) < 4.78 is 11.6. The molecule has 4 saturated carbocycles. The Morgan fingerprint density at radius 1 is 1.14 bits per heavy atom. The van der Waals surface area contributed by atoms with E-state index < -0.39 is 0 Å². The van der Waals surface area contributed by atoms with E-state index in [0.29, 0.717) is 35.6 Å². The van der Waals surface area contributed by atoms with Crippen molar-refractivity contribution in [1.82, 2.24) is 0 Å². The first-order valence-electron chi connectivity index (χ1n) is 11.6. The summed E-state index contributed by atoms with van der Waals surface area (Å²) >= 11 is 0. The molecule has 5 fully saturated rings. The first-order valence-corrected chi connectivity index (χ1v) is 11.6. The number of carbonyl (C=O) groups is 2. The Morgan fingerprint density at radius 3 is 2.68 bits per heavy atom. The molecule has 0 bridgehead atoms. The molecule has 4 aliphatic carbocycles. The number of epoxide rings is 1. The summed E-state index contributed by atoms with van der Waals surface area (Å²) in [7, 11) is 0. The number of fused-ring (bicyclic) bond motifs is 4. The molecule has 5 aliphatic rings. The monoisotopic (exact) mass is 388 g/mol. The summed E-state index contributed by atoms with van der Waals surface area (Å²) in [5.74, 6) is 3.55. The second-order valence-electron chi connectivity index (χ2n) is 11.2. The minimum Gasteiger partial charge on any atom is -0.466 e. The van der Waals surface area contributed by atoms with E-state index in [9.17, 15) is 9.59 Å². The van der Waals surface area contributed by atoms with E-state index in [0.717, 1.165) is 31.1 Å². The molecule has 4 heteroatoms. The molecule has 156 valence electrons. The lowest BCUT2D eigenvalue weighted by atomic mass is 9.44. The fourth-order valence-electron chi connectivity index (χ4n) is 8.84. The van der Waals surface area contributed by atoms with E-state index in [1.165, 1.54) is 39.0 Å². The Balaban J connectivity index is 1.37. The highest BCUT2D eigenvalue weighted by atomic mass is 16.6. The van der Waals surface area contributed by atoms with Gasteiger partial charge in [0.2, 0.25) is 0 Å². The smallest absolute Gasteiger partial charge is 0.302 e. The van der Waals surface area contributed by atoms with Crippen LogP contribution >= 0.6 is 0 Å². The highest BCUT2D eigenvalue weighted by molar-refractivity contribution is 5.88. The van der Waals surface area contributed by atoms with Crippen LogP contribution in [0.25, 0.3) is 0 Å². The van der Waals surface area contributed by atoms with E-state index in [4.69, 9.17) is 9.47 Å². The number of carbonyl (C=O) groups excluding carboxylic acids is 2. The summed E-state index contributed by atoms with van der Waals surface area (Å²) in [6.07, 6.45) is 9.12. The summed E-state index contributed by atoms with van der Waals surface area (Å²) in [6, 6.07) is 0. The van der Waals surface area contributed by atoms with Gasteiger partial charge >= 0.3 is 5.97 Å². The topological polar surface area (TPSA) is 55.9 Å². The summed E-state index contributed by atoms with van der Waals surface area (Å²) in [4.78, 5) is 23.6. The van der Waals surface area contributed by atoms with Gasteiger partial charge in [-0.2, -0.15) is 0 Å². The van der Waals surface area contributed by atoms with Crippen LogP contribution in [0, 0.1) is 40.4 Å². The van der Waals surface area contributed by atoms with E-state index >= 15 is 0 Å². The van der Waals surface area contributed by atoms with Crippen LogP contribution in [0.1, 0.15) is 79.1 Å². The number of Topliss-reactive ketones (excluding diaryl/α,β-unsaturated/α-hetero) is 1. The predicted octanol–water partition coefficient (Wildman–Crippen LogP) is 4.54. The third kappa shape index (κ3) is 2.33. The van der Waals surface area contributed by atoms with Gasteiger partial charge in [0, 0.05) is 18.8 Å². The van der Waals surface area contributed by atoms with Crippen molar-refractivity contribution in [2.45, 2.75) is 90.8 Å². The Hall–Kier alpha value is -0.900. The molecular formula is C24H36O4. The van der Waals surface area contributed by atoms with Crippen molar-refractivity contribution in [3.8, 4) is 0 Å². The van der Waals surface area contributed by atoms with Crippen molar-refractivity contribution in [3.05, 3.63) is 0 Å². The fourth-order valence-corrected chi connectivity index (χ4v) is 8.84. The van der Waals surface area contributed by atoms with Crippen LogP contribution in [-0.4, -0.2) is 30.1 Å². The number of hydrogen-bond acceptors (Lipinski definition) is 4. The van der Waals surface area contributed by atoms with Crippen LogP contribution in [0.2, 0.25) is 0 Å². The largest absolute Gasteiger partial charge is 0.466 e. The maximum Gasteiger partial charge on any atom is 0.302 e. The highest BCUT2D eigenvalue weighted by Crippen LogP contribution is 2.73. The lowest BCUT2D eigenvalue weighted by molar-refractivity contribution is -0.144. The molecule has 4 nitrogen and oxygen atoms in total. The molecule has 0 radical (unpaired) electrons. The molecular weight excluding hydrogens is 352 g/mol. The SMILES string of the molecule is CC(=O)OCC(C)[C@H]1CC[C@H]2[C@@H]3CCC45OC4C(=O)CC[C@]5(C)[C@H]3CC[C@]12C. The van der Waals surface area contributed by atoms with Crippen molar-refractivity contribution >= 4 is 11.8 Å². The standard InChI is InChI=1S/C24H36O4/c1-14(13-27-15(2)25)17-5-6-18-16-7-12-24-21(28-24)20(26)9-11-23(24,4)19(16)8-10-22(17,18)3/h14,16-19,21H,5-13H2,1-4H3/t14?,16-,17+,18-,19-,21?,22+,23+,24?/m0/s1. The third-order valence-corrected chi connectivity index (χ3v) is 10.3. The maximum absolute atomic E-state index is 12.3.